The van der Waals surface area contributed by atoms with Gasteiger partial charge in [0.2, 0.25) is 0 Å². The first-order chi connectivity index (χ1) is 12.1. The molecule has 0 aliphatic carbocycles. The molecule has 0 unspecified atom stereocenters. The van der Waals surface area contributed by atoms with Crippen LogP contribution in [0.2, 0.25) is 5.02 Å². The van der Waals surface area contributed by atoms with Gasteiger partial charge in [-0.2, -0.15) is 0 Å². The zero-order valence-electron chi connectivity index (χ0n) is 13.4. The lowest BCUT2D eigenvalue weighted by Crippen LogP contribution is -2.13. The Hall–Kier alpha value is -3.05. The normalized spacial score (nSPS) is 11.0. The third kappa shape index (κ3) is 2.90. The summed E-state index contributed by atoms with van der Waals surface area (Å²) in [5, 5.41) is 3.55. The zero-order chi connectivity index (χ0) is 17.4. The Morgan fingerprint density at radius 2 is 2.00 bits per heavy atom. The van der Waals surface area contributed by atoms with Crippen LogP contribution in [-0.4, -0.2) is 15.3 Å². The maximum Gasteiger partial charge on any atom is 0.292 e. The third-order valence-corrected chi connectivity index (χ3v) is 4.13. The van der Waals surface area contributed by atoms with Gasteiger partial charge >= 0.3 is 0 Å². The number of anilines is 1. The Morgan fingerprint density at radius 3 is 2.72 bits per heavy atom. The van der Waals surface area contributed by atoms with Crippen LogP contribution in [0.5, 0.6) is 0 Å². The Morgan fingerprint density at radius 1 is 1.20 bits per heavy atom. The van der Waals surface area contributed by atoms with Crippen molar-refractivity contribution in [1.82, 2.24) is 9.38 Å². The molecule has 0 atom stereocenters. The van der Waals surface area contributed by atoms with Crippen molar-refractivity contribution < 1.29 is 9.21 Å². The molecule has 25 heavy (non-hydrogen) atoms. The summed E-state index contributed by atoms with van der Waals surface area (Å²) in [6.45, 7) is 2.00. The second kappa shape index (κ2) is 6.11. The van der Waals surface area contributed by atoms with Gasteiger partial charge in [0.15, 0.2) is 5.76 Å². The number of carbonyl (C=O) groups excluding carboxylic acids is 1. The summed E-state index contributed by atoms with van der Waals surface area (Å²) in [4.78, 5) is 17.1. The number of imidazole rings is 1. The van der Waals surface area contributed by atoms with Crippen molar-refractivity contribution in [2.45, 2.75) is 6.92 Å². The van der Waals surface area contributed by atoms with Gasteiger partial charge in [-0.15, -0.1) is 0 Å². The molecule has 1 N–H and O–H groups in total. The Balaban J connectivity index is 1.86. The molecule has 0 spiro atoms. The average molecular weight is 352 g/mol. The molecule has 1 aromatic carbocycles. The van der Waals surface area contributed by atoms with Crippen molar-refractivity contribution >= 4 is 29.0 Å². The highest BCUT2D eigenvalue weighted by atomic mass is 35.5. The van der Waals surface area contributed by atoms with E-state index in [4.69, 9.17) is 16.0 Å². The van der Waals surface area contributed by atoms with Gasteiger partial charge in [-0.3, -0.25) is 9.20 Å². The number of pyridine rings is 1. The summed E-state index contributed by atoms with van der Waals surface area (Å²) in [5.74, 6) is 0.491. The van der Waals surface area contributed by atoms with Gasteiger partial charge in [0.25, 0.3) is 5.91 Å². The number of fused-ring (bicyclic) bond motifs is 1. The second-order valence-corrected chi connectivity index (χ2v) is 6.12. The number of hydrogen-bond donors (Lipinski definition) is 1. The summed E-state index contributed by atoms with van der Waals surface area (Å²) >= 11 is 5.98. The van der Waals surface area contributed by atoms with Crippen LogP contribution in [0.15, 0.2) is 65.4 Å². The molecule has 0 saturated heterocycles. The molecular formula is C19H14ClN3O2. The minimum Gasteiger partial charge on any atom is -0.459 e. The van der Waals surface area contributed by atoms with E-state index in [-0.39, 0.29) is 11.7 Å². The van der Waals surface area contributed by atoms with Crippen LogP contribution in [-0.2, 0) is 0 Å². The Kier molecular flexibility index (Phi) is 3.78. The van der Waals surface area contributed by atoms with E-state index in [1.54, 1.807) is 24.3 Å². The quantitative estimate of drug-likeness (QED) is 0.576. The van der Waals surface area contributed by atoms with Crippen molar-refractivity contribution in [1.29, 1.82) is 0 Å². The van der Waals surface area contributed by atoms with Crippen LogP contribution in [0.4, 0.5) is 5.82 Å². The van der Waals surface area contributed by atoms with Gasteiger partial charge in [0.1, 0.15) is 17.2 Å². The molecule has 6 heteroatoms. The number of hydrogen-bond acceptors (Lipinski definition) is 3. The number of nitrogens with zero attached hydrogens (tertiary/aromatic N) is 2. The predicted octanol–water partition coefficient (Wildman–Crippen LogP) is 4.81. The van der Waals surface area contributed by atoms with E-state index >= 15 is 0 Å². The average Bonchev–Trinajstić information content (AvgIpc) is 3.24. The summed E-state index contributed by atoms with van der Waals surface area (Å²) in [6.07, 6.45) is 3.35. The number of rotatable bonds is 3. The second-order valence-electron chi connectivity index (χ2n) is 5.68. The fourth-order valence-corrected chi connectivity index (χ4v) is 2.78. The highest BCUT2D eigenvalue weighted by Crippen LogP contribution is 2.30. The van der Waals surface area contributed by atoms with Crippen molar-refractivity contribution in [3.05, 3.63) is 77.3 Å². The van der Waals surface area contributed by atoms with E-state index in [9.17, 15) is 4.79 Å². The van der Waals surface area contributed by atoms with Crippen LogP contribution >= 0.6 is 11.6 Å². The van der Waals surface area contributed by atoms with Crippen molar-refractivity contribution in [2.24, 2.45) is 0 Å². The molecule has 0 saturated carbocycles. The number of aryl methyl sites for hydroxylation is 1. The smallest absolute Gasteiger partial charge is 0.292 e. The number of halogens is 1. The van der Waals surface area contributed by atoms with Crippen LogP contribution in [0.1, 0.15) is 16.1 Å². The molecule has 0 fully saturated rings. The summed E-state index contributed by atoms with van der Waals surface area (Å²) in [7, 11) is 0. The molecule has 3 heterocycles. The lowest BCUT2D eigenvalue weighted by Gasteiger charge is -2.07. The predicted molar refractivity (Wildman–Crippen MR) is 97.0 cm³/mol. The summed E-state index contributed by atoms with van der Waals surface area (Å²) in [5.41, 5.74) is 3.37. The van der Waals surface area contributed by atoms with E-state index in [1.165, 1.54) is 6.26 Å². The number of aromatic nitrogens is 2. The maximum atomic E-state index is 12.5. The molecule has 4 aromatic rings. The van der Waals surface area contributed by atoms with Gasteiger partial charge < -0.3 is 9.73 Å². The number of carbonyl (C=O) groups is 1. The molecule has 4 rings (SSSR count). The van der Waals surface area contributed by atoms with Crippen molar-refractivity contribution in [3.63, 3.8) is 0 Å². The molecule has 1 amide bonds. The molecular weight excluding hydrogens is 338 g/mol. The molecule has 5 nitrogen and oxygen atoms in total. The number of nitrogens with one attached hydrogen (secondary N) is 1. The standard InChI is InChI=1S/C19H14ClN3O2/c1-12-8-9-23-16(11-12)21-17(13-4-6-14(20)7-5-13)18(23)22-19(24)15-3-2-10-25-15/h2-11H,1H3,(H,22,24). The van der Waals surface area contributed by atoms with E-state index in [2.05, 4.69) is 10.3 Å². The van der Waals surface area contributed by atoms with Gasteiger partial charge in [0, 0.05) is 16.8 Å². The van der Waals surface area contributed by atoms with Crippen LogP contribution < -0.4 is 5.32 Å². The highest BCUT2D eigenvalue weighted by Gasteiger charge is 2.18. The largest absolute Gasteiger partial charge is 0.459 e. The molecule has 0 radical (unpaired) electrons. The summed E-state index contributed by atoms with van der Waals surface area (Å²) in [6, 6.07) is 14.6. The van der Waals surface area contributed by atoms with Crippen LogP contribution in [0.25, 0.3) is 16.9 Å². The first kappa shape index (κ1) is 15.5. The number of furan rings is 1. The van der Waals surface area contributed by atoms with E-state index in [1.807, 2.05) is 41.8 Å². The van der Waals surface area contributed by atoms with Gasteiger partial charge in [-0.25, -0.2) is 4.98 Å². The first-order valence-electron chi connectivity index (χ1n) is 7.71. The molecule has 124 valence electrons. The first-order valence-corrected chi connectivity index (χ1v) is 8.09. The fraction of sp³-hybridized carbons (Fsp3) is 0.0526. The van der Waals surface area contributed by atoms with Crippen LogP contribution in [0.3, 0.4) is 0 Å². The zero-order valence-corrected chi connectivity index (χ0v) is 14.1. The van der Waals surface area contributed by atoms with E-state index < -0.39 is 0 Å². The molecule has 3 aromatic heterocycles. The topological polar surface area (TPSA) is 59.5 Å². The van der Waals surface area contributed by atoms with Gasteiger partial charge in [-0.05, 0) is 48.9 Å². The van der Waals surface area contributed by atoms with Crippen molar-refractivity contribution in [2.75, 3.05) is 5.32 Å². The maximum absolute atomic E-state index is 12.5. The van der Waals surface area contributed by atoms with Gasteiger partial charge in [0.05, 0.1) is 6.26 Å². The summed E-state index contributed by atoms with van der Waals surface area (Å²) < 4.78 is 7.02. The lowest BCUT2D eigenvalue weighted by molar-refractivity contribution is 0.0996. The minimum atomic E-state index is -0.331. The number of benzene rings is 1. The Bertz CT molecular complexity index is 1050. The monoisotopic (exact) mass is 351 g/mol. The molecule has 0 bridgehead atoms. The van der Waals surface area contributed by atoms with E-state index in [0.717, 1.165) is 16.8 Å². The molecule has 0 aliphatic rings. The van der Waals surface area contributed by atoms with Crippen LogP contribution in [0, 0.1) is 6.92 Å². The van der Waals surface area contributed by atoms with Gasteiger partial charge in [-0.1, -0.05) is 23.7 Å². The Labute approximate surface area is 148 Å². The third-order valence-electron chi connectivity index (χ3n) is 3.88. The number of amides is 1. The highest BCUT2D eigenvalue weighted by molar-refractivity contribution is 6.30. The van der Waals surface area contributed by atoms with Crippen molar-refractivity contribution in [3.8, 4) is 11.3 Å². The lowest BCUT2D eigenvalue weighted by atomic mass is 10.1. The minimum absolute atomic E-state index is 0.240. The van der Waals surface area contributed by atoms with E-state index in [0.29, 0.717) is 16.5 Å². The molecule has 0 aliphatic heterocycles. The SMILES string of the molecule is Cc1ccn2c(NC(=O)c3ccco3)c(-c3ccc(Cl)cc3)nc2c1. The fourth-order valence-electron chi connectivity index (χ4n) is 2.65.